The third kappa shape index (κ3) is 2.99. The van der Waals surface area contributed by atoms with Crippen molar-refractivity contribution >= 4 is 0 Å². The molecule has 5 saturated carbocycles. The van der Waals surface area contributed by atoms with Crippen LogP contribution in [0.1, 0.15) is 133 Å². The molecule has 0 amide bonds. The van der Waals surface area contributed by atoms with Crippen molar-refractivity contribution in [3.8, 4) is 0 Å². The lowest BCUT2D eigenvalue weighted by Gasteiger charge is -2.63. The zero-order valence-corrected chi connectivity index (χ0v) is 23.7. The maximum atomic E-state index is 10.9. The van der Waals surface area contributed by atoms with Gasteiger partial charge < -0.3 is 5.11 Å². The molecular formula is C32H56O. The van der Waals surface area contributed by atoms with Crippen LogP contribution in [0, 0.1) is 62.1 Å². The first-order valence-corrected chi connectivity index (χ1v) is 14.9. The predicted octanol–water partition coefficient (Wildman–Crippen LogP) is 8.88. The number of aliphatic hydroxyl groups excluding tert-OH is 1. The summed E-state index contributed by atoms with van der Waals surface area (Å²) < 4.78 is 0. The van der Waals surface area contributed by atoms with E-state index in [-0.39, 0.29) is 11.5 Å². The van der Waals surface area contributed by atoms with Gasteiger partial charge in [0.25, 0.3) is 0 Å². The van der Waals surface area contributed by atoms with E-state index < -0.39 is 0 Å². The van der Waals surface area contributed by atoms with Crippen LogP contribution in [0.5, 0.6) is 0 Å². The van der Waals surface area contributed by atoms with Crippen molar-refractivity contribution in [2.24, 2.45) is 62.1 Å². The summed E-state index contributed by atoms with van der Waals surface area (Å²) in [5.74, 6) is 4.24. The van der Waals surface area contributed by atoms with Crippen molar-refractivity contribution < 1.29 is 5.11 Å². The van der Waals surface area contributed by atoms with Crippen LogP contribution >= 0.6 is 0 Å². The fourth-order valence-electron chi connectivity index (χ4n) is 11.4. The van der Waals surface area contributed by atoms with Gasteiger partial charge in [0.05, 0.1) is 6.10 Å². The van der Waals surface area contributed by atoms with E-state index in [0.29, 0.717) is 27.1 Å². The molecule has 5 aliphatic carbocycles. The van der Waals surface area contributed by atoms with E-state index in [2.05, 4.69) is 62.3 Å². The molecule has 9 atom stereocenters. The summed E-state index contributed by atoms with van der Waals surface area (Å²) in [4.78, 5) is 0. The highest BCUT2D eigenvalue weighted by Crippen LogP contribution is 2.89. The Balaban J connectivity index is 1.38. The molecule has 1 heteroatoms. The van der Waals surface area contributed by atoms with Crippen LogP contribution in [-0.4, -0.2) is 11.2 Å². The Bertz CT molecular complexity index is 779. The van der Waals surface area contributed by atoms with Gasteiger partial charge in [0.15, 0.2) is 0 Å². The lowest BCUT2D eigenvalue weighted by Crippen LogP contribution is -2.57. The SMILES string of the molecule is CC(C)C(C)(C)CC[C@@H](C)[C@H]1CC[C@@]2(C)[C@@H]3CC[C@H]4C(C)(C)[C@@H](O)CC[C@@]45C[C@@]35CC[C@]12C. The molecule has 0 unspecified atom stereocenters. The summed E-state index contributed by atoms with van der Waals surface area (Å²) >= 11 is 0. The van der Waals surface area contributed by atoms with Gasteiger partial charge in [-0.05, 0) is 133 Å². The summed E-state index contributed by atoms with van der Waals surface area (Å²) in [6.45, 7) is 22.7. The van der Waals surface area contributed by atoms with Crippen molar-refractivity contribution in [1.82, 2.24) is 0 Å². The van der Waals surface area contributed by atoms with Gasteiger partial charge in [0, 0.05) is 0 Å². The fourth-order valence-corrected chi connectivity index (χ4v) is 11.4. The van der Waals surface area contributed by atoms with Crippen molar-refractivity contribution in [2.45, 2.75) is 139 Å². The van der Waals surface area contributed by atoms with E-state index in [1.165, 1.54) is 64.2 Å². The number of aliphatic hydroxyl groups is 1. The fraction of sp³-hybridized carbons (Fsp3) is 1.00. The molecule has 0 aromatic rings. The van der Waals surface area contributed by atoms with Crippen LogP contribution in [0.3, 0.4) is 0 Å². The number of fused-ring (bicyclic) bond motifs is 2. The van der Waals surface area contributed by atoms with Crippen molar-refractivity contribution in [2.75, 3.05) is 0 Å². The van der Waals surface area contributed by atoms with Crippen LogP contribution in [-0.2, 0) is 0 Å². The maximum absolute atomic E-state index is 10.9. The molecule has 0 bridgehead atoms. The average molecular weight is 457 g/mol. The predicted molar refractivity (Wildman–Crippen MR) is 140 cm³/mol. The molecule has 0 aromatic carbocycles. The second-order valence-electron chi connectivity index (χ2n) is 16.2. The van der Waals surface area contributed by atoms with Gasteiger partial charge >= 0.3 is 0 Å². The topological polar surface area (TPSA) is 20.2 Å². The molecule has 5 aliphatic rings. The Morgan fingerprint density at radius 1 is 0.788 bits per heavy atom. The molecule has 0 saturated heterocycles. The summed E-state index contributed by atoms with van der Waals surface area (Å²) in [5, 5.41) is 10.9. The van der Waals surface area contributed by atoms with Gasteiger partial charge in [-0.2, -0.15) is 0 Å². The van der Waals surface area contributed by atoms with Crippen LogP contribution in [0.2, 0.25) is 0 Å². The Hall–Kier alpha value is -0.0400. The summed E-state index contributed by atoms with van der Waals surface area (Å²) in [6, 6.07) is 0. The van der Waals surface area contributed by atoms with Gasteiger partial charge in [-0.3, -0.25) is 0 Å². The smallest absolute Gasteiger partial charge is 0.0594 e. The number of hydrogen-bond donors (Lipinski definition) is 1. The molecule has 1 nitrogen and oxygen atoms in total. The van der Waals surface area contributed by atoms with E-state index in [0.717, 1.165) is 36.0 Å². The molecule has 33 heavy (non-hydrogen) atoms. The van der Waals surface area contributed by atoms with Crippen molar-refractivity contribution in [1.29, 1.82) is 0 Å². The average Bonchev–Trinajstić information content (AvgIpc) is 3.32. The maximum Gasteiger partial charge on any atom is 0.0594 e. The third-order valence-corrected chi connectivity index (χ3v) is 14.6. The summed E-state index contributed by atoms with van der Waals surface area (Å²) in [6.07, 6.45) is 15.3. The first kappa shape index (κ1) is 24.6. The molecule has 1 N–H and O–H groups in total. The molecule has 5 rings (SSSR count). The van der Waals surface area contributed by atoms with E-state index in [1.54, 1.807) is 0 Å². The highest BCUT2D eigenvalue weighted by atomic mass is 16.3. The highest BCUT2D eigenvalue weighted by molar-refractivity contribution is 5.30. The Kier molecular flexibility index (Phi) is 5.42. The van der Waals surface area contributed by atoms with Gasteiger partial charge in [-0.25, -0.2) is 0 Å². The minimum atomic E-state index is -0.0847. The second-order valence-corrected chi connectivity index (χ2v) is 16.2. The third-order valence-electron chi connectivity index (χ3n) is 14.6. The highest BCUT2D eigenvalue weighted by Gasteiger charge is 2.82. The Morgan fingerprint density at radius 2 is 1.42 bits per heavy atom. The number of rotatable bonds is 5. The van der Waals surface area contributed by atoms with Crippen LogP contribution in [0.4, 0.5) is 0 Å². The van der Waals surface area contributed by atoms with Gasteiger partial charge in [0.1, 0.15) is 0 Å². The van der Waals surface area contributed by atoms with Crippen molar-refractivity contribution in [3.05, 3.63) is 0 Å². The lowest BCUT2D eigenvalue weighted by atomic mass is 9.41. The van der Waals surface area contributed by atoms with E-state index in [1.807, 2.05) is 0 Å². The van der Waals surface area contributed by atoms with Crippen LogP contribution < -0.4 is 0 Å². The lowest BCUT2D eigenvalue weighted by molar-refractivity contribution is -0.161. The minimum absolute atomic E-state index is 0.0847. The number of hydrogen-bond acceptors (Lipinski definition) is 1. The summed E-state index contributed by atoms with van der Waals surface area (Å²) in [7, 11) is 0. The normalized spacial score (nSPS) is 51.4. The van der Waals surface area contributed by atoms with Crippen molar-refractivity contribution in [3.63, 3.8) is 0 Å². The molecule has 0 heterocycles. The van der Waals surface area contributed by atoms with Gasteiger partial charge in [-0.15, -0.1) is 0 Å². The van der Waals surface area contributed by atoms with E-state index >= 15 is 0 Å². The zero-order chi connectivity index (χ0) is 24.2. The quantitative estimate of drug-likeness (QED) is 0.438. The van der Waals surface area contributed by atoms with Gasteiger partial charge in [-0.1, -0.05) is 62.3 Å². The van der Waals surface area contributed by atoms with E-state index in [4.69, 9.17) is 0 Å². The van der Waals surface area contributed by atoms with Crippen LogP contribution in [0.15, 0.2) is 0 Å². The molecule has 5 fully saturated rings. The molecule has 0 aromatic heterocycles. The summed E-state index contributed by atoms with van der Waals surface area (Å²) in [5.41, 5.74) is 2.85. The molecule has 190 valence electrons. The molecule has 0 aliphatic heterocycles. The largest absolute Gasteiger partial charge is 0.393 e. The second kappa shape index (κ2) is 7.26. The standard InChI is InChI=1S/C32H56O/c1-21(2)27(4,5)15-12-22(3)23-13-16-30(9)25-11-10-24-28(6,7)26(33)14-17-31(24)20-32(25,31)19-18-29(23,30)8/h21-26,33H,10-20H2,1-9H3/t22-,23-,24+,25+,26+,29-,30+,31-,32+/m1/s1. The van der Waals surface area contributed by atoms with Gasteiger partial charge in [0.2, 0.25) is 0 Å². The molecule has 2 spiro atoms. The van der Waals surface area contributed by atoms with Crippen LogP contribution in [0.25, 0.3) is 0 Å². The zero-order valence-electron chi connectivity index (χ0n) is 23.7. The Labute approximate surface area is 206 Å². The van der Waals surface area contributed by atoms with E-state index in [9.17, 15) is 5.11 Å². The Morgan fingerprint density at radius 3 is 2.09 bits per heavy atom. The first-order chi connectivity index (χ1) is 15.2. The monoisotopic (exact) mass is 456 g/mol. The molecule has 0 radical (unpaired) electrons. The first-order valence-electron chi connectivity index (χ1n) is 14.9. The molecular weight excluding hydrogens is 400 g/mol. The minimum Gasteiger partial charge on any atom is -0.393 e.